The number of amides is 1. The Hall–Kier alpha value is -2.05. The van der Waals surface area contributed by atoms with Crippen LogP contribution in [0.1, 0.15) is 113 Å². The second kappa shape index (κ2) is 16.5. The van der Waals surface area contributed by atoms with Gasteiger partial charge < -0.3 is 10.1 Å². The van der Waals surface area contributed by atoms with Crippen molar-refractivity contribution in [2.75, 3.05) is 6.61 Å². The van der Waals surface area contributed by atoms with Gasteiger partial charge >= 0.3 is 12.1 Å². The number of nitrogens with one attached hydrogen (secondary N) is 1. The van der Waals surface area contributed by atoms with Crippen LogP contribution in [-0.2, 0) is 15.7 Å². The largest absolute Gasteiger partial charge is 0.464 e. The maximum Gasteiger partial charge on any atom is 0.416 e. The zero-order valence-electron chi connectivity index (χ0n) is 20.1. The first-order chi connectivity index (χ1) is 15.8. The maximum absolute atomic E-state index is 12.8. The highest BCUT2D eigenvalue weighted by atomic mass is 19.4. The van der Waals surface area contributed by atoms with Gasteiger partial charge in [-0.25, -0.2) is 4.79 Å². The van der Waals surface area contributed by atoms with E-state index in [9.17, 15) is 22.8 Å². The fourth-order valence-corrected chi connectivity index (χ4v) is 3.59. The van der Waals surface area contributed by atoms with Crippen LogP contribution in [0.5, 0.6) is 0 Å². The van der Waals surface area contributed by atoms with Crippen LogP contribution in [-0.4, -0.2) is 24.5 Å². The standard InChI is InChI=1S/C26H40F3NO3/c1-3-4-5-6-7-8-9-10-11-12-13-14-15-19-33-25(32)21(2)30-24(31)22-17-16-18-23(20-22)26(27,28)29/h16-18,20-21H,3-15,19H2,1-2H3,(H,30,31)/t21-/m0/s1. The molecular formula is C26H40F3NO3. The Morgan fingerprint density at radius 3 is 1.91 bits per heavy atom. The molecule has 0 radical (unpaired) electrons. The van der Waals surface area contributed by atoms with E-state index < -0.39 is 29.7 Å². The van der Waals surface area contributed by atoms with Crippen molar-refractivity contribution in [2.45, 2.75) is 110 Å². The van der Waals surface area contributed by atoms with E-state index in [0.29, 0.717) is 0 Å². The molecule has 0 aliphatic rings. The van der Waals surface area contributed by atoms with E-state index in [1.807, 2.05) is 0 Å². The lowest BCUT2D eigenvalue weighted by molar-refractivity contribution is -0.145. The molecule has 0 heterocycles. The van der Waals surface area contributed by atoms with Crippen molar-refractivity contribution in [2.24, 2.45) is 0 Å². The van der Waals surface area contributed by atoms with Crippen molar-refractivity contribution in [3.05, 3.63) is 35.4 Å². The van der Waals surface area contributed by atoms with Crippen molar-refractivity contribution in [3.63, 3.8) is 0 Å². The molecule has 0 aromatic heterocycles. The van der Waals surface area contributed by atoms with Crippen LogP contribution in [0.15, 0.2) is 24.3 Å². The molecule has 1 aromatic carbocycles. The number of rotatable bonds is 17. The van der Waals surface area contributed by atoms with Gasteiger partial charge in [0.15, 0.2) is 0 Å². The molecule has 0 aliphatic heterocycles. The molecule has 7 heteroatoms. The first-order valence-electron chi connectivity index (χ1n) is 12.4. The van der Waals surface area contributed by atoms with Crippen molar-refractivity contribution in [1.29, 1.82) is 0 Å². The molecule has 1 rings (SSSR count). The predicted octanol–water partition coefficient (Wildman–Crippen LogP) is 7.46. The summed E-state index contributed by atoms with van der Waals surface area (Å²) in [7, 11) is 0. The molecule has 0 bridgehead atoms. The smallest absolute Gasteiger partial charge is 0.416 e. The van der Waals surface area contributed by atoms with Gasteiger partial charge in [0.05, 0.1) is 12.2 Å². The number of benzene rings is 1. The summed E-state index contributed by atoms with van der Waals surface area (Å²) in [4.78, 5) is 24.2. The maximum atomic E-state index is 12.8. The molecule has 33 heavy (non-hydrogen) atoms. The molecule has 0 saturated heterocycles. The summed E-state index contributed by atoms with van der Waals surface area (Å²) >= 11 is 0. The summed E-state index contributed by atoms with van der Waals surface area (Å²) in [6.07, 6.45) is 11.4. The van der Waals surface area contributed by atoms with Gasteiger partial charge in [-0.1, -0.05) is 90.0 Å². The highest BCUT2D eigenvalue weighted by Gasteiger charge is 2.31. The molecule has 1 N–H and O–H groups in total. The normalized spacial score (nSPS) is 12.4. The van der Waals surface area contributed by atoms with Crippen LogP contribution >= 0.6 is 0 Å². The van der Waals surface area contributed by atoms with Crippen LogP contribution in [0, 0.1) is 0 Å². The van der Waals surface area contributed by atoms with E-state index in [2.05, 4.69) is 12.2 Å². The molecule has 0 saturated carbocycles. The van der Waals surface area contributed by atoms with Crippen LogP contribution in [0.25, 0.3) is 0 Å². The van der Waals surface area contributed by atoms with Gasteiger partial charge in [0.25, 0.3) is 5.91 Å². The minimum Gasteiger partial charge on any atom is -0.464 e. The van der Waals surface area contributed by atoms with Crippen molar-refractivity contribution in [3.8, 4) is 0 Å². The number of ether oxygens (including phenoxy) is 1. The van der Waals surface area contributed by atoms with E-state index in [1.165, 1.54) is 77.2 Å². The lowest BCUT2D eigenvalue weighted by Gasteiger charge is -2.14. The van der Waals surface area contributed by atoms with Gasteiger partial charge in [-0.15, -0.1) is 0 Å². The van der Waals surface area contributed by atoms with E-state index in [4.69, 9.17) is 4.74 Å². The first-order valence-corrected chi connectivity index (χ1v) is 12.4. The summed E-state index contributed by atoms with van der Waals surface area (Å²) < 4.78 is 43.5. The van der Waals surface area contributed by atoms with E-state index in [1.54, 1.807) is 0 Å². The number of esters is 1. The van der Waals surface area contributed by atoms with Crippen LogP contribution in [0.3, 0.4) is 0 Å². The molecule has 4 nitrogen and oxygen atoms in total. The molecule has 1 atom stereocenters. The van der Waals surface area contributed by atoms with E-state index in [-0.39, 0.29) is 12.2 Å². The minimum absolute atomic E-state index is 0.152. The third kappa shape index (κ3) is 13.3. The Labute approximate surface area is 196 Å². The van der Waals surface area contributed by atoms with Crippen molar-refractivity contribution < 1.29 is 27.5 Å². The van der Waals surface area contributed by atoms with Crippen molar-refractivity contribution >= 4 is 11.9 Å². The van der Waals surface area contributed by atoms with Crippen LogP contribution in [0.2, 0.25) is 0 Å². The Morgan fingerprint density at radius 1 is 0.879 bits per heavy atom. The third-order valence-electron chi connectivity index (χ3n) is 5.65. The Balaban J connectivity index is 2.09. The Morgan fingerprint density at radius 2 is 1.39 bits per heavy atom. The number of unbranched alkanes of at least 4 members (excludes halogenated alkanes) is 12. The highest BCUT2D eigenvalue weighted by Crippen LogP contribution is 2.29. The quantitative estimate of drug-likeness (QED) is 0.189. The number of hydrogen-bond donors (Lipinski definition) is 1. The average Bonchev–Trinajstić information content (AvgIpc) is 2.78. The van der Waals surface area contributed by atoms with E-state index in [0.717, 1.165) is 37.5 Å². The molecule has 1 amide bonds. The lowest BCUT2D eigenvalue weighted by atomic mass is 10.0. The van der Waals surface area contributed by atoms with Gasteiger partial charge in [-0.3, -0.25) is 4.79 Å². The summed E-state index contributed by atoms with van der Waals surface area (Å²) in [5.74, 6) is -1.33. The molecule has 1 aromatic rings. The number of carbonyl (C=O) groups excluding carboxylic acids is 2. The van der Waals surface area contributed by atoms with Crippen LogP contribution < -0.4 is 5.32 Å². The number of alkyl halides is 3. The zero-order valence-corrected chi connectivity index (χ0v) is 20.1. The molecule has 0 fully saturated rings. The Bertz CT molecular complexity index is 692. The number of hydrogen-bond acceptors (Lipinski definition) is 3. The minimum atomic E-state index is -4.53. The van der Waals surface area contributed by atoms with Gasteiger partial charge in [0, 0.05) is 5.56 Å². The number of halogens is 3. The SMILES string of the molecule is CCCCCCCCCCCCCCCOC(=O)[C@H](C)NC(=O)c1cccc(C(F)(F)F)c1. The molecule has 0 unspecified atom stereocenters. The predicted molar refractivity (Wildman–Crippen MR) is 125 cm³/mol. The van der Waals surface area contributed by atoms with Gasteiger partial charge in [-0.2, -0.15) is 13.2 Å². The second-order valence-electron chi connectivity index (χ2n) is 8.68. The van der Waals surface area contributed by atoms with Gasteiger partial charge in [-0.05, 0) is 31.5 Å². The summed E-state index contributed by atoms with van der Waals surface area (Å²) in [5.41, 5.74) is -1.06. The fraction of sp³-hybridized carbons (Fsp3) is 0.692. The van der Waals surface area contributed by atoms with Crippen molar-refractivity contribution in [1.82, 2.24) is 5.32 Å². The first kappa shape index (κ1) is 29.0. The summed E-state index contributed by atoms with van der Waals surface area (Å²) in [5, 5.41) is 2.39. The summed E-state index contributed by atoms with van der Waals surface area (Å²) in [6, 6.07) is 3.16. The Kier molecular flexibility index (Phi) is 14.5. The molecule has 188 valence electrons. The van der Waals surface area contributed by atoms with Gasteiger partial charge in [0.2, 0.25) is 0 Å². The topological polar surface area (TPSA) is 55.4 Å². The number of carbonyl (C=O) groups is 2. The second-order valence-corrected chi connectivity index (χ2v) is 8.68. The highest BCUT2D eigenvalue weighted by molar-refractivity contribution is 5.96. The van der Waals surface area contributed by atoms with E-state index >= 15 is 0 Å². The molecular weight excluding hydrogens is 431 g/mol. The third-order valence-corrected chi connectivity index (χ3v) is 5.65. The molecule has 0 spiro atoms. The fourth-order valence-electron chi connectivity index (χ4n) is 3.59. The summed E-state index contributed by atoms with van der Waals surface area (Å²) in [6.45, 7) is 3.97. The zero-order chi connectivity index (χ0) is 24.5. The lowest BCUT2D eigenvalue weighted by Crippen LogP contribution is -2.39. The molecule has 0 aliphatic carbocycles. The average molecular weight is 472 g/mol. The van der Waals surface area contributed by atoms with Gasteiger partial charge in [0.1, 0.15) is 6.04 Å². The van der Waals surface area contributed by atoms with Crippen LogP contribution in [0.4, 0.5) is 13.2 Å². The monoisotopic (exact) mass is 471 g/mol.